The average molecular weight is 321 g/mol. The summed E-state index contributed by atoms with van der Waals surface area (Å²) in [4.78, 5) is 18.5. The molecule has 1 aromatic heterocycles. The second kappa shape index (κ2) is 8.84. The van der Waals surface area contributed by atoms with Crippen molar-refractivity contribution in [2.75, 3.05) is 26.8 Å². The number of carbonyl (C=O) groups is 1. The number of urea groups is 1. The summed E-state index contributed by atoms with van der Waals surface area (Å²) in [7, 11) is 1.66. The lowest BCUT2D eigenvalue weighted by Crippen LogP contribution is -2.52. The number of hydrogen-bond acceptors (Lipinski definition) is 4. The van der Waals surface area contributed by atoms with Crippen LogP contribution in [-0.4, -0.2) is 47.8 Å². The third kappa shape index (κ3) is 5.18. The monoisotopic (exact) mass is 321 g/mol. The maximum Gasteiger partial charge on any atom is 0.319 e. The highest BCUT2D eigenvalue weighted by atomic mass is 16.5. The molecule has 0 unspecified atom stereocenters. The largest absolute Gasteiger partial charge is 0.385 e. The van der Waals surface area contributed by atoms with Crippen LogP contribution in [0.15, 0.2) is 24.4 Å². The first-order valence-corrected chi connectivity index (χ1v) is 8.35. The highest BCUT2D eigenvalue weighted by Gasteiger charge is 2.33. The van der Waals surface area contributed by atoms with E-state index in [4.69, 9.17) is 4.74 Å². The van der Waals surface area contributed by atoms with Crippen molar-refractivity contribution in [1.29, 1.82) is 0 Å². The van der Waals surface area contributed by atoms with E-state index in [0.717, 1.165) is 45.2 Å². The Labute approximate surface area is 137 Å². The van der Waals surface area contributed by atoms with Crippen LogP contribution in [-0.2, 0) is 10.5 Å². The number of unbranched alkanes of at least 4 members (excludes halogenated alkanes) is 1. The first kappa shape index (κ1) is 17.7. The number of aromatic nitrogens is 1. The first-order chi connectivity index (χ1) is 11.2. The Hall–Kier alpha value is -1.66. The Bertz CT molecular complexity index is 477. The predicted octanol–water partition coefficient (Wildman–Crippen LogP) is 2.24. The van der Waals surface area contributed by atoms with Crippen molar-refractivity contribution in [1.82, 2.24) is 15.2 Å². The Balaban J connectivity index is 2.04. The molecule has 1 saturated heterocycles. The highest BCUT2D eigenvalue weighted by molar-refractivity contribution is 5.75. The van der Waals surface area contributed by atoms with E-state index in [0.29, 0.717) is 18.7 Å². The number of nitrogens with one attached hydrogen (secondary N) is 1. The summed E-state index contributed by atoms with van der Waals surface area (Å²) in [5, 5.41) is 13.8. The Morgan fingerprint density at radius 1 is 1.35 bits per heavy atom. The third-order valence-electron chi connectivity index (χ3n) is 4.18. The van der Waals surface area contributed by atoms with Gasteiger partial charge in [-0.3, -0.25) is 4.98 Å². The fourth-order valence-electron chi connectivity index (χ4n) is 2.84. The molecule has 6 heteroatoms. The maximum absolute atomic E-state index is 12.5. The molecule has 2 heterocycles. The molecule has 0 saturated carbocycles. The zero-order valence-electron chi connectivity index (χ0n) is 13.8. The van der Waals surface area contributed by atoms with E-state index in [1.54, 1.807) is 30.3 Å². The number of carbonyl (C=O) groups excluding carboxylic acids is 1. The predicted molar refractivity (Wildman–Crippen MR) is 87.8 cm³/mol. The van der Waals surface area contributed by atoms with E-state index in [-0.39, 0.29) is 6.03 Å². The quantitative estimate of drug-likeness (QED) is 0.596. The number of rotatable bonds is 7. The molecule has 1 atom stereocenters. The number of nitrogens with zero attached hydrogens (tertiary/aromatic N) is 2. The zero-order valence-corrected chi connectivity index (χ0v) is 13.8. The van der Waals surface area contributed by atoms with Crippen LogP contribution < -0.4 is 5.32 Å². The molecule has 0 bridgehead atoms. The number of likely N-dealkylation sites (tertiary alicyclic amines) is 1. The molecule has 0 radical (unpaired) electrons. The van der Waals surface area contributed by atoms with Gasteiger partial charge in [0.25, 0.3) is 0 Å². The smallest absolute Gasteiger partial charge is 0.319 e. The highest BCUT2D eigenvalue weighted by Crippen LogP contribution is 2.23. The Morgan fingerprint density at radius 2 is 2.13 bits per heavy atom. The summed E-state index contributed by atoms with van der Waals surface area (Å²) in [6.45, 7) is 2.12. The van der Waals surface area contributed by atoms with Gasteiger partial charge in [0.2, 0.25) is 0 Å². The van der Waals surface area contributed by atoms with E-state index in [1.807, 2.05) is 6.07 Å². The minimum absolute atomic E-state index is 0.218. The topological polar surface area (TPSA) is 74.7 Å². The van der Waals surface area contributed by atoms with E-state index in [2.05, 4.69) is 10.3 Å². The summed E-state index contributed by atoms with van der Waals surface area (Å²) >= 11 is 0. The van der Waals surface area contributed by atoms with Crippen LogP contribution in [0.4, 0.5) is 4.79 Å². The van der Waals surface area contributed by atoms with Crippen LogP contribution in [0.3, 0.4) is 0 Å². The van der Waals surface area contributed by atoms with E-state index < -0.39 is 5.72 Å². The molecule has 2 N–H and O–H groups in total. The van der Waals surface area contributed by atoms with Crippen LogP contribution in [0.5, 0.6) is 0 Å². The molecule has 6 nitrogen and oxygen atoms in total. The van der Waals surface area contributed by atoms with Crippen LogP contribution >= 0.6 is 0 Å². The van der Waals surface area contributed by atoms with Gasteiger partial charge in [0, 0.05) is 39.4 Å². The standard InChI is InChI=1S/C17H27N3O3/c1-23-14-8-4-10-17(22,15-9-3-5-11-18-15)19-16(21)20-12-6-2-7-13-20/h3,5,9,11,22H,2,4,6-8,10,12-14H2,1H3,(H,19,21)/t17-/m0/s1. The lowest BCUT2D eigenvalue weighted by molar-refractivity contribution is -0.00895. The molecule has 1 aromatic rings. The van der Waals surface area contributed by atoms with Crippen molar-refractivity contribution in [3.05, 3.63) is 30.1 Å². The lowest BCUT2D eigenvalue weighted by atomic mass is 10.0. The van der Waals surface area contributed by atoms with E-state index >= 15 is 0 Å². The van der Waals surface area contributed by atoms with Crippen molar-refractivity contribution < 1.29 is 14.6 Å². The molecule has 2 amide bonds. The van der Waals surface area contributed by atoms with Gasteiger partial charge in [-0.05, 0) is 44.2 Å². The minimum Gasteiger partial charge on any atom is -0.385 e. The lowest BCUT2D eigenvalue weighted by Gasteiger charge is -2.33. The van der Waals surface area contributed by atoms with Gasteiger partial charge >= 0.3 is 6.03 Å². The van der Waals surface area contributed by atoms with Crippen molar-refractivity contribution in [2.24, 2.45) is 0 Å². The summed E-state index contributed by atoms with van der Waals surface area (Å²) < 4.78 is 5.05. The van der Waals surface area contributed by atoms with Gasteiger partial charge in [-0.2, -0.15) is 0 Å². The summed E-state index contributed by atoms with van der Waals surface area (Å²) in [6.07, 6.45) is 6.79. The minimum atomic E-state index is -1.44. The van der Waals surface area contributed by atoms with Crippen molar-refractivity contribution in [3.63, 3.8) is 0 Å². The Morgan fingerprint density at radius 3 is 2.78 bits per heavy atom. The van der Waals surface area contributed by atoms with Gasteiger partial charge in [-0.25, -0.2) is 4.79 Å². The molecule has 2 rings (SSSR count). The van der Waals surface area contributed by atoms with Crippen molar-refractivity contribution in [3.8, 4) is 0 Å². The molecule has 0 aromatic carbocycles. The van der Waals surface area contributed by atoms with Gasteiger partial charge in [0.05, 0.1) is 5.69 Å². The van der Waals surface area contributed by atoms with Gasteiger partial charge in [-0.1, -0.05) is 6.07 Å². The number of pyridine rings is 1. The molecule has 1 fully saturated rings. The molecule has 1 aliphatic heterocycles. The van der Waals surface area contributed by atoms with Gasteiger partial charge in [0.15, 0.2) is 5.72 Å². The van der Waals surface area contributed by atoms with Crippen LogP contribution in [0.2, 0.25) is 0 Å². The maximum atomic E-state index is 12.5. The number of amides is 2. The SMILES string of the molecule is COCCCC[C@@](O)(NC(=O)N1CCCCC1)c1ccccn1. The summed E-state index contributed by atoms with van der Waals surface area (Å²) in [6, 6.07) is 5.13. The number of methoxy groups -OCH3 is 1. The molecular formula is C17H27N3O3. The van der Waals surface area contributed by atoms with E-state index in [9.17, 15) is 9.90 Å². The molecule has 1 aliphatic rings. The first-order valence-electron chi connectivity index (χ1n) is 8.35. The fraction of sp³-hybridized carbons (Fsp3) is 0.647. The van der Waals surface area contributed by atoms with Gasteiger partial charge in [0.1, 0.15) is 0 Å². The van der Waals surface area contributed by atoms with E-state index in [1.165, 1.54) is 0 Å². The number of piperidine rings is 1. The van der Waals surface area contributed by atoms with Crippen LogP contribution in [0.25, 0.3) is 0 Å². The third-order valence-corrected chi connectivity index (χ3v) is 4.18. The average Bonchev–Trinajstić information content (AvgIpc) is 2.60. The van der Waals surface area contributed by atoms with Gasteiger partial charge < -0.3 is 20.1 Å². The summed E-state index contributed by atoms with van der Waals surface area (Å²) in [5.41, 5.74) is -0.966. The van der Waals surface area contributed by atoms with Crippen LogP contribution in [0, 0.1) is 0 Å². The molecular weight excluding hydrogens is 294 g/mol. The van der Waals surface area contributed by atoms with Crippen LogP contribution in [0.1, 0.15) is 44.2 Å². The fourth-order valence-corrected chi connectivity index (χ4v) is 2.84. The molecule has 128 valence electrons. The Kier molecular flexibility index (Phi) is 6.80. The number of ether oxygens (including phenoxy) is 1. The normalized spacial score (nSPS) is 17.6. The summed E-state index contributed by atoms with van der Waals surface area (Å²) in [5.74, 6) is 0. The van der Waals surface area contributed by atoms with Crippen molar-refractivity contribution >= 4 is 6.03 Å². The molecule has 23 heavy (non-hydrogen) atoms. The van der Waals surface area contributed by atoms with Gasteiger partial charge in [-0.15, -0.1) is 0 Å². The molecule has 0 aliphatic carbocycles. The molecule has 0 spiro atoms. The number of hydrogen-bond donors (Lipinski definition) is 2. The second-order valence-electron chi connectivity index (χ2n) is 6.00. The number of aliphatic hydroxyl groups is 1. The van der Waals surface area contributed by atoms with Crippen molar-refractivity contribution in [2.45, 2.75) is 44.2 Å². The second-order valence-corrected chi connectivity index (χ2v) is 6.00. The zero-order chi connectivity index (χ0) is 16.5.